The van der Waals surface area contributed by atoms with Crippen LogP contribution in [0.2, 0.25) is 0 Å². The molecule has 1 fully saturated rings. The molecule has 1 saturated heterocycles. The molecule has 3 aromatic rings. The second kappa shape index (κ2) is 7.86. The Morgan fingerprint density at radius 1 is 0.900 bits per heavy atom. The maximum Gasteiger partial charge on any atom is 0.410 e. The van der Waals surface area contributed by atoms with Crippen LogP contribution in [0.25, 0.3) is 11.1 Å². The molecule has 0 spiro atoms. The monoisotopic (exact) mass is 399 g/mol. The first-order chi connectivity index (χ1) is 14.7. The van der Waals surface area contributed by atoms with Gasteiger partial charge in [0.15, 0.2) is 0 Å². The maximum absolute atomic E-state index is 13.1. The van der Waals surface area contributed by atoms with Gasteiger partial charge < -0.3 is 14.7 Å². The van der Waals surface area contributed by atoms with Crippen LogP contribution >= 0.6 is 0 Å². The molecule has 3 aromatic carbocycles. The van der Waals surface area contributed by atoms with E-state index in [4.69, 9.17) is 4.74 Å². The Kier molecular flexibility index (Phi) is 4.91. The summed E-state index contributed by atoms with van der Waals surface area (Å²) in [6.45, 7) is 1.04. The number of amides is 1. The predicted molar refractivity (Wildman–Crippen MR) is 116 cm³/mol. The van der Waals surface area contributed by atoms with E-state index in [0.29, 0.717) is 13.2 Å². The molecule has 5 rings (SSSR count). The molecule has 1 atom stereocenters. The molecule has 1 heterocycles. The van der Waals surface area contributed by atoms with Gasteiger partial charge in [0.2, 0.25) is 0 Å². The molecule has 1 unspecified atom stereocenters. The molecule has 1 N–H and O–H groups in total. The molecule has 1 amide bonds. The highest BCUT2D eigenvalue weighted by atomic mass is 16.6. The number of ether oxygens (including phenoxy) is 1. The third-order valence-electron chi connectivity index (χ3n) is 6.35. The Morgan fingerprint density at radius 3 is 2.20 bits per heavy atom. The van der Waals surface area contributed by atoms with Crippen LogP contribution in [-0.2, 0) is 4.74 Å². The number of carbonyl (C=O) groups excluding carboxylic acids is 1. The van der Waals surface area contributed by atoms with Crippen molar-refractivity contribution in [2.45, 2.75) is 31.2 Å². The summed E-state index contributed by atoms with van der Waals surface area (Å²) in [6.07, 6.45) is 2.72. The fourth-order valence-electron chi connectivity index (χ4n) is 4.87. The number of phenolic OH excluding ortho intramolecular Hbond substituents is 1. The van der Waals surface area contributed by atoms with Crippen LogP contribution in [-0.4, -0.2) is 29.3 Å². The van der Waals surface area contributed by atoms with Crippen LogP contribution in [0, 0.1) is 0 Å². The molecular weight excluding hydrogens is 374 g/mol. The summed E-state index contributed by atoms with van der Waals surface area (Å²) >= 11 is 0. The third-order valence-corrected chi connectivity index (χ3v) is 6.35. The van der Waals surface area contributed by atoms with Gasteiger partial charge in [0.1, 0.15) is 12.4 Å². The minimum absolute atomic E-state index is 0.00463. The van der Waals surface area contributed by atoms with Crippen LogP contribution in [0.1, 0.15) is 47.9 Å². The summed E-state index contributed by atoms with van der Waals surface area (Å²) in [6, 6.07) is 23.9. The number of rotatable bonds is 3. The summed E-state index contributed by atoms with van der Waals surface area (Å²) < 4.78 is 5.89. The average Bonchev–Trinajstić information content (AvgIpc) is 3.12. The highest BCUT2D eigenvalue weighted by molar-refractivity contribution is 5.79. The maximum atomic E-state index is 13.1. The van der Waals surface area contributed by atoms with Crippen molar-refractivity contribution in [2.24, 2.45) is 0 Å². The average molecular weight is 399 g/mol. The van der Waals surface area contributed by atoms with Crippen LogP contribution in [0.15, 0.2) is 72.8 Å². The molecule has 0 saturated carbocycles. The van der Waals surface area contributed by atoms with Crippen molar-refractivity contribution in [3.8, 4) is 16.9 Å². The van der Waals surface area contributed by atoms with E-state index >= 15 is 0 Å². The van der Waals surface area contributed by atoms with Gasteiger partial charge in [-0.1, -0.05) is 60.7 Å². The minimum Gasteiger partial charge on any atom is -0.508 e. The lowest BCUT2D eigenvalue weighted by molar-refractivity contribution is 0.0710. The zero-order valence-corrected chi connectivity index (χ0v) is 16.8. The number of nitrogens with zero attached hydrogens (tertiary/aromatic N) is 1. The van der Waals surface area contributed by atoms with Gasteiger partial charge in [-0.3, -0.25) is 0 Å². The topological polar surface area (TPSA) is 49.8 Å². The number of carbonyl (C=O) groups is 1. The molecule has 0 radical (unpaired) electrons. The highest BCUT2D eigenvalue weighted by Gasteiger charge is 2.32. The second-order valence-electron chi connectivity index (χ2n) is 8.10. The Bertz CT molecular complexity index is 1010. The summed E-state index contributed by atoms with van der Waals surface area (Å²) in [5.41, 5.74) is 5.95. The summed E-state index contributed by atoms with van der Waals surface area (Å²) in [4.78, 5) is 14.9. The van der Waals surface area contributed by atoms with Crippen molar-refractivity contribution in [1.29, 1.82) is 0 Å². The first kappa shape index (κ1) is 18.7. The van der Waals surface area contributed by atoms with Crippen molar-refractivity contribution in [3.05, 3.63) is 89.5 Å². The number of hydrogen-bond acceptors (Lipinski definition) is 3. The van der Waals surface area contributed by atoms with E-state index < -0.39 is 0 Å². The molecule has 0 bridgehead atoms. The van der Waals surface area contributed by atoms with Crippen molar-refractivity contribution in [2.75, 3.05) is 13.2 Å². The van der Waals surface area contributed by atoms with Gasteiger partial charge in [-0.15, -0.1) is 0 Å². The molecule has 1 aliphatic carbocycles. The van der Waals surface area contributed by atoms with Crippen LogP contribution in [0.5, 0.6) is 5.75 Å². The van der Waals surface area contributed by atoms with Crippen molar-refractivity contribution in [3.63, 3.8) is 0 Å². The number of fused-ring (bicyclic) bond motifs is 3. The van der Waals surface area contributed by atoms with Gasteiger partial charge >= 0.3 is 6.09 Å². The van der Waals surface area contributed by atoms with Gasteiger partial charge in [0.25, 0.3) is 0 Å². The number of phenols is 1. The molecule has 1 aliphatic heterocycles. The lowest BCUT2D eigenvalue weighted by Crippen LogP contribution is -2.39. The van der Waals surface area contributed by atoms with E-state index in [1.54, 1.807) is 12.1 Å². The van der Waals surface area contributed by atoms with Gasteiger partial charge in [-0.05, 0) is 59.2 Å². The standard InChI is InChI=1S/C26H25NO3/c28-19-14-12-18(13-15-19)25-11-5-6-16-27(25)26(29)30-17-24-22-9-3-1-7-20(22)21-8-2-4-10-23(21)24/h1-4,7-10,12-15,24-25,28H,5-6,11,16-17H2. The van der Waals surface area contributed by atoms with Gasteiger partial charge in [-0.25, -0.2) is 4.79 Å². The lowest BCUT2D eigenvalue weighted by Gasteiger charge is -2.35. The molecule has 2 aliphatic rings. The highest BCUT2D eigenvalue weighted by Crippen LogP contribution is 2.44. The summed E-state index contributed by atoms with van der Waals surface area (Å²) in [5.74, 6) is 0.306. The van der Waals surface area contributed by atoms with Gasteiger partial charge in [0, 0.05) is 12.5 Å². The quantitative estimate of drug-likeness (QED) is 0.599. The Balaban J connectivity index is 1.35. The number of likely N-dealkylation sites (tertiary alicyclic amines) is 1. The number of hydrogen-bond donors (Lipinski definition) is 1. The van der Waals surface area contributed by atoms with Crippen LogP contribution in [0.3, 0.4) is 0 Å². The fourth-order valence-corrected chi connectivity index (χ4v) is 4.87. The predicted octanol–water partition coefficient (Wildman–Crippen LogP) is 5.87. The zero-order valence-electron chi connectivity index (χ0n) is 16.8. The Hall–Kier alpha value is -3.27. The number of benzene rings is 3. The van der Waals surface area contributed by atoms with E-state index in [-0.39, 0.29) is 23.8 Å². The molecule has 152 valence electrons. The minimum atomic E-state index is -0.255. The van der Waals surface area contributed by atoms with Crippen molar-refractivity contribution in [1.82, 2.24) is 4.90 Å². The normalized spacial score (nSPS) is 18.0. The van der Waals surface area contributed by atoms with Crippen molar-refractivity contribution >= 4 is 6.09 Å². The van der Waals surface area contributed by atoms with E-state index in [1.165, 1.54) is 22.3 Å². The second-order valence-corrected chi connectivity index (χ2v) is 8.10. The molecule has 30 heavy (non-hydrogen) atoms. The smallest absolute Gasteiger partial charge is 0.410 e. The van der Waals surface area contributed by atoms with Crippen LogP contribution < -0.4 is 0 Å². The Labute approximate surface area is 176 Å². The van der Waals surface area contributed by atoms with E-state index in [2.05, 4.69) is 36.4 Å². The largest absolute Gasteiger partial charge is 0.508 e. The fraction of sp³-hybridized carbons (Fsp3) is 0.269. The van der Waals surface area contributed by atoms with Crippen molar-refractivity contribution < 1.29 is 14.6 Å². The van der Waals surface area contributed by atoms with Gasteiger partial charge in [-0.2, -0.15) is 0 Å². The zero-order chi connectivity index (χ0) is 20.5. The summed E-state index contributed by atoms with van der Waals surface area (Å²) in [5, 5.41) is 9.59. The Morgan fingerprint density at radius 2 is 1.53 bits per heavy atom. The first-order valence-electron chi connectivity index (χ1n) is 10.6. The third kappa shape index (κ3) is 3.32. The van der Waals surface area contributed by atoms with E-state index in [0.717, 1.165) is 24.8 Å². The SMILES string of the molecule is O=C(OCC1c2ccccc2-c2ccccc21)N1CCCCC1c1ccc(O)cc1. The molecule has 4 heteroatoms. The molecular formula is C26H25NO3. The van der Waals surface area contributed by atoms with Crippen LogP contribution in [0.4, 0.5) is 4.79 Å². The van der Waals surface area contributed by atoms with Gasteiger partial charge in [0.05, 0.1) is 6.04 Å². The van der Waals surface area contributed by atoms with E-state index in [9.17, 15) is 9.90 Å². The lowest BCUT2D eigenvalue weighted by atomic mass is 9.95. The number of aromatic hydroxyl groups is 1. The molecule has 0 aromatic heterocycles. The first-order valence-corrected chi connectivity index (χ1v) is 10.6. The molecule has 4 nitrogen and oxygen atoms in total. The number of piperidine rings is 1. The summed E-state index contributed by atoms with van der Waals surface area (Å²) in [7, 11) is 0. The van der Waals surface area contributed by atoms with E-state index in [1.807, 2.05) is 29.2 Å².